The van der Waals surface area contributed by atoms with Crippen molar-refractivity contribution in [2.24, 2.45) is 5.73 Å². The van der Waals surface area contributed by atoms with E-state index in [1.54, 1.807) is 0 Å². The lowest BCUT2D eigenvalue weighted by molar-refractivity contribution is -0.385. The fourth-order valence-corrected chi connectivity index (χ4v) is 2.49. The average molecular weight is 258 g/mol. The van der Waals surface area contributed by atoms with E-state index >= 15 is 0 Å². The number of rotatable bonds is 3. The predicted molar refractivity (Wildman–Crippen MR) is 59.5 cm³/mol. The molecule has 1 aromatic carbocycles. The predicted octanol–water partition coefficient (Wildman–Crippen LogP) is 0.406. The van der Waals surface area contributed by atoms with Crippen LogP contribution >= 0.6 is 0 Å². The van der Waals surface area contributed by atoms with Gasteiger partial charge in [0, 0.05) is 11.8 Å². The van der Waals surface area contributed by atoms with Crippen LogP contribution in [-0.4, -0.2) is 25.5 Å². The number of carbonyl (C=O) groups is 1. The summed E-state index contributed by atoms with van der Waals surface area (Å²) in [7, 11) is -3.59. The van der Waals surface area contributed by atoms with Crippen LogP contribution in [0.3, 0.4) is 0 Å². The maximum atomic E-state index is 11.4. The summed E-state index contributed by atoms with van der Waals surface area (Å²) in [4.78, 5) is 20.8. The van der Waals surface area contributed by atoms with Crippen molar-refractivity contribution in [2.75, 3.05) is 6.26 Å². The van der Waals surface area contributed by atoms with Gasteiger partial charge in [0.2, 0.25) is 0 Å². The molecule has 0 unspecified atom stereocenters. The minimum atomic E-state index is -3.59. The summed E-state index contributed by atoms with van der Waals surface area (Å²) in [6, 6.07) is 2.18. The standard InChI is InChI=1S/C9H10N2O5S/c1-5-7(17(2,15)16)4-3-6(9(10)12)8(5)11(13)14/h3-4H,1-2H3,(H2,10,12). The van der Waals surface area contributed by atoms with Crippen molar-refractivity contribution in [1.29, 1.82) is 0 Å². The SMILES string of the molecule is Cc1c(S(C)(=O)=O)ccc(C(N)=O)c1[N+](=O)[O-]. The highest BCUT2D eigenvalue weighted by Crippen LogP contribution is 2.28. The van der Waals surface area contributed by atoms with E-state index in [1.165, 1.54) is 6.92 Å². The fraction of sp³-hybridized carbons (Fsp3) is 0.222. The van der Waals surface area contributed by atoms with Crippen LogP contribution in [0.1, 0.15) is 15.9 Å². The van der Waals surface area contributed by atoms with Gasteiger partial charge in [-0.1, -0.05) is 0 Å². The van der Waals surface area contributed by atoms with Crippen molar-refractivity contribution in [2.45, 2.75) is 11.8 Å². The van der Waals surface area contributed by atoms with Crippen molar-refractivity contribution in [3.05, 3.63) is 33.4 Å². The third-order valence-corrected chi connectivity index (χ3v) is 3.47. The second-order valence-electron chi connectivity index (χ2n) is 3.48. The van der Waals surface area contributed by atoms with E-state index in [0.29, 0.717) is 0 Å². The van der Waals surface area contributed by atoms with Crippen LogP contribution in [0.25, 0.3) is 0 Å². The van der Waals surface area contributed by atoms with E-state index in [4.69, 9.17) is 5.73 Å². The summed E-state index contributed by atoms with van der Waals surface area (Å²) in [6.45, 7) is 1.26. The molecule has 0 atom stereocenters. The van der Waals surface area contributed by atoms with Crippen LogP contribution < -0.4 is 5.73 Å². The van der Waals surface area contributed by atoms with Gasteiger partial charge in [-0.3, -0.25) is 14.9 Å². The molecule has 0 aliphatic heterocycles. The lowest BCUT2D eigenvalue weighted by Gasteiger charge is -2.06. The molecule has 0 saturated carbocycles. The summed E-state index contributed by atoms with van der Waals surface area (Å²) in [6.07, 6.45) is 0.934. The molecule has 8 heteroatoms. The van der Waals surface area contributed by atoms with Crippen LogP contribution in [0.4, 0.5) is 5.69 Å². The van der Waals surface area contributed by atoms with E-state index in [1.807, 2.05) is 0 Å². The monoisotopic (exact) mass is 258 g/mol. The molecule has 2 N–H and O–H groups in total. The molecule has 0 bridgehead atoms. The number of primary amides is 1. The van der Waals surface area contributed by atoms with Crippen LogP contribution in [0.15, 0.2) is 17.0 Å². The third-order valence-electron chi connectivity index (χ3n) is 2.23. The summed E-state index contributed by atoms with van der Waals surface area (Å²) in [5.41, 5.74) is 4.02. The zero-order valence-electron chi connectivity index (χ0n) is 9.13. The van der Waals surface area contributed by atoms with Gasteiger partial charge < -0.3 is 5.73 Å². The summed E-state index contributed by atoms with van der Waals surface area (Å²) >= 11 is 0. The second kappa shape index (κ2) is 4.13. The molecule has 1 aromatic rings. The zero-order chi connectivity index (χ0) is 13.4. The number of carbonyl (C=O) groups excluding carboxylic acids is 1. The van der Waals surface area contributed by atoms with Gasteiger partial charge in [-0.25, -0.2) is 8.42 Å². The quantitative estimate of drug-likeness (QED) is 0.621. The Morgan fingerprint density at radius 1 is 1.41 bits per heavy atom. The normalized spacial score (nSPS) is 11.2. The molecule has 0 radical (unpaired) electrons. The Bertz CT molecular complexity index is 606. The molecular formula is C9H10N2O5S. The van der Waals surface area contributed by atoms with Crippen LogP contribution in [0.5, 0.6) is 0 Å². The Labute approximate surface area is 97.3 Å². The lowest BCUT2D eigenvalue weighted by atomic mass is 10.1. The first kappa shape index (κ1) is 13.1. The van der Waals surface area contributed by atoms with Gasteiger partial charge in [0.05, 0.1) is 9.82 Å². The summed E-state index contributed by atoms with van der Waals surface area (Å²) in [5, 5.41) is 10.8. The van der Waals surface area contributed by atoms with E-state index in [0.717, 1.165) is 18.4 Å². The van der Waals surface area contributed by atoms with E-state index in [-0.39, 0.29) is 16.0 Å². The van der Waals surface area contributed by atoms with Gasteiger partial charge in [0.25, 0.3) is 11.6 Å². The van der Waals surface area contributed by atoms with E-state index < -0.39 is 26.4 Å². The van der Waals surface area contributed by atoms with Gasteiger partial charge in [-0.15, -0.1) is 0 Å². The second-order valence-corrected chi connectivity index (χ2v) is 5.46. The molecule has 0 fully saturated rings. The van der Waals surface area contributed by atoms with Gasteiger partial charge in [0.15, 0.2) is 9.84 Å². The number of benzene rings is 1. The highest BCUT2D eigenvalue weighted by Gasteiger charge is 2.26. The molecule has 17 heavy (non-hydrogen) atoms. The summed E-state index contributed by atoms with van der Waals surface area (Å²) in [5.74, 6) is -0.972. The maximum absolute atomic E-state index is 11.4. The molecule has 1 rings (SSSR count). The Morgan fingerprint density at radius 2 is 1.94 bits per heavy atom. The van der Waals surface area contributed by atoms with Crippen LogP contribution in [-0.2, 0) is 9.84 Å². The molecule has 0 spiro atoms. The number of nitro benzene ring substituents is 1. The number of amides is 1. The topological polar surface area (TPSA) is 120 Å². The number of nitrogens with two attached hydrogens (primary N) is 1. The number of nitro groups is 1. The number of hydrogen-bond donors (Lipinski definition) is 1. The molecule has 92 valence electrons. The Hall–Kier alpha value is -1.96. The van der Waals surface area contributed by atoms with Crippen LogP contribution in [0, 0.1) is 17.0 Å². The van der Waals surface area contributed by atoms with Gasteiger partial charge >= 0.3 is 0 Å². The lowest BCUT2D eigenvalue weighted by Crippen LogP contribution is -2.15. The number of sulfone groups is 1. The van der Waals surface area contributed by atoms with Crippen molar-refractivity contribution >= 4 is 21.4 Å². The highest BCUT2D eigenvalue weighted by molar-refractivity contribution is 7.90. The van der Waals surface area contributed by atoms with Gasteiger partial charge in [-0.05, 0) is 19.1 Å². The van der Waals surface area contributed by atoms with Crippen molar-refractivity contribution in [1.82, 2.24) is 0 Å². The summed E-state index contributed by atoms with van der Waals surface area (Å²) < 4.78 is 22.7. The van der Waals surface area contributed by atoms with Crippen molar-refractivity contribution in [3.63, 3.8) is 0 Å². The zero-order valence-corrected chi connectivity index (χ0v) is 9.95. The number of nitrogens with zero attached hydrogens (tertiary/aromatic N) is 1. The molecular weight excluding hydrogens is 248 g/mol. The van der Waals surface area contributed by atoms with Crippen molar-refractivity contribution < 1.29 is 18.1 Å². The Balaban J connectivity index is 3.73. The van der Waals surface area contributed by atoms with E-state index in [9.17, 15) is 23.3 Å². The Kier molecular flexibility index (Phi) is 3.18. The third kappa shape index (κ3) is 2.41. The Morgan fingerprint density at radius 3 is 2.29 bits per heavy atom. The van der Waals surface area contributed by atoms with Gasteiger partial charge in [0.1, 0.15) is 5.56 Å². The minimum Gasteiger partial charge on any atom is -0.365 e. The molecule has 1 amide bonds. The minimum absolute atomic E-state index is 0.0891. The largest absolute Gasteiger partial charge is 0.365 e. The van der Waals surface area contributed by atoms with Crippen molar-refractivity contribution in [3.8, 4) is 0 Å². The first-order valence-corrected chi connectivity index (χ1v) is 6.33. The molecule has 0 aromatic heterocycles. The van der Waals surface area contributed by atoms with E-state index in [2.05, 4.69) is 0 Å². The first-order valence-electron chi connectivity index (χ1n) is 4.44. The maximum Gasteiger partial charge on any atom is 0.286 e. The molecule has 7 nitrogen and oxygen atoms in total. The molecule has 0 heterocycles. The molecule has 0 saturated heterocycles. The number of hydrogen-bond acceptors (Lipinski definition) is 5. The van der Waals surface area contributed by atoms with Gasteiger partial charge in [-0.2, -0.15) is 0 Å². The average Bonchev–Trinajstić information content (AvgIpc) is 2.13. The smallest absolute Gasteiger partial charge is 0.286 e. The molecule has 0 aliphatic carbocycles. The fourth-order valence-electron chi connectivity index (χ4n) is 1.52. The van der Waals surface area contributed by atoms with Crippen LogP contribution in [0.2, 0.25) is 0 Å². The first-order chi connectivity index (χ1) is 7.66. The highest BCUT2D eigenvalue weighted by atomic mass is 32.2. The molecule has 0 aliphatic rings.